The maximum absolute atomic E-state index is 11.6. The molecule has 1 N–H and O–H groups in total. The monoisotopic (exact) mass is 341 g/mol. The lowest BCUT2D eigenvalue weighted by Gasteiger charge is -2.25. The Hall–Kier alpha value is -1.36. The third-order valence-corrected chi connectivity index (χ3v) is 4.08. The number of anilines is 1. The summed E-state index contributed by atoms with van der Waals surface area (Å²) in [6.45, 7) is 1.88. The molecule has 0 amide bonds. The molecule has 21 heavy (non-hydrogen) atoms. The topological polar surface area (TPSA) is 38.3 Å². The van der Waals surface area contributed by atoms with Crippen molar-refractivity contribution in [2.75, 3.05) is 12.4 Å². The molecule has 0 bridgehead atoms. The van der Waals surface area contributed by atoms with Gasteiger partial charge in [0.1, 0.15) is 0 Å². The van der Waals surface area contributed by atoms with Crippen molar-refractivity contribution in [2.24, 2.45) is 0 Å². The van der Waals surface area contributed by atoms with Crippen LogP contribution in [0, 0.1) is 0 Å². The van der Waals surface area contributed by atoms with Gasteiger partial charge in [-0.3, -0.25) is 0 Å². The summed E-state index contributed by atoms with van der Waals surface area (Å²) in [7, 11) is 1.34. The number of hydrogen-bond donors (Lipinski definition) is 1. The quantitative estimate of drug-likeness (QED) is 0.660. The maximum Gasteiger partial charge on any atom is 0.337 e. The van der Waals surface area contributed by atoms with Gasteiger partial charge in [-0.25, -0.2) is 4.79 Å². The Bertz CT molecular complexity index is 647. The first-order valence-electron chi connectivity index (χ1n) is 6.16. The molecular formula is C15H13Cl2NO2S. The Labute approximate surface area is 138 Å². The van der Waals surface area contributed by atoms with Crippen LogP contribution in [0.15, 0.2) is 41.5 Å². The zero-order chi connectivity index (χ0) is 15.6. The molecule has 0 aromatic heterocycles. The van der Waals surface area contributed by atoms with Crippen LogP contribution >= 0.6 is 35.4 Å². The van der Waals surface area contributed by atoms with Crippen LogP contribution in [-0.2, 0) is 9.53 Å². The lowest BCUT2D eigenvalue weighted by Crippen LogP contribution is -2.31. The summed E-state index contributed by atoms with van der Waals surface area (Å²) in [5, 5.41) is 4.25. The number of thiocarbonyl (C=S) groups is 1. The van der Waals surface area contributed by atoms with Crippen LogP contribution < -0.4 is 5.32 Å². The highest BCUT2D eigenvalue weighted by atomic mass is 35.5. The van der Waals surface area contributed by atoms with Crippen LogP contribution in [0.4, 0.5) is 5.69 Å². The average molecular weight is 342 g/mol. The third-order valence-electron chi connectivity index (χ3n) is 3.09. The van der Waals surface area contributed by atoms with E-state index in [1.165, 1.54) is 7.11 Å². The van der Waals surface area contributed by atoms with Crippen molar-refractivity contribution < 1.29 is 9.53 Å². The van der Waals surface area contributed by atoms with Gasteiger partial charge in [-0.2, -0.15) is 0 Å². The molecule has 0 radical (unpaired) electrons. The number of carbonyl (C=O) groups is 1. The summed E-state index contributed by atoms with van der Waals surface area (Å²) in [4.78, 5) is 12.1. The minimum Gasteiger partial charge on any atom is -0.465 e. The van der Waals surface area contributed by atoms with Gasteiger partial charge in [-0.05, 0) is 36.8 Å². The number of hydrogen-bond acceptors (Lipinski definition) is 4. The number of esters is 1. The average Bonchev–Trinajstić information content (AvgIpc) is 2.44. The van der Waals surface area contributed by atoms with Crippen molar-refractivity contribution in [3.63, 3.8) is 0 Å². The zero-order valence-corrected chi connectivity index (χ0v) is 13.8. The third kappa shape index (κ3) is 3.46. The number of methoxy groups -OCH3 is 1. The Morgan fingerprint density at radius 1 is 1.29 bits per heavy atom. The summed E-state index contributed by atoms with van der Waals surface area (Å²) in [6.07, 6.45) is 3.36. The Morgan fingerprint density at radius 3 is 2.43 bits per heavy atom. The zero-order valence-electron chi connectivity index (χ0n) is 11.4. The SMILES string of the molecule is COC(=O)C1=CC(=S)C(Nc2c(Cl)cccc2Cl)C(C)=C1. The Morgan fingerprint density at radius 2 is 1.90 bits per heavy atom. The highest BCUT2D eigenvalue weighted by Crippen LogP contribution is 2.32. The smallest absolute Gasteiger partial charge is 0.337 e. The van der Waals surface area contributed by atoms with Crippen LogP contribution in [-0.4, -0.2) is 24.0 Å². The summed E-state index contributed by atoms with van der Waals surface area (Å²) < 4.78 is 4.70. The minimum absolute atomic E-state index is 0.245. The molecule has 0 aliphatic heterocycles. The van der Waals surface area contributed by atoms with Crippen LogP contribution in [0.5, 0.6) is 0 Å². The molecule has 0 heterocycles. The second kappa shape index (κ2) is 6.60. The highest BCUT2D eigenvalue weighted by molar-refractivity contribution is 7.81. The van der Waals surface area contributed by atoms with Crippen LogP contribution in [0.25, 0.3) is 0 Å². The molecule has 1 atom stereocenters. The molecular weight excluding hydrogens is 329 g/mol. The number of nitrogens with one attached hydrogen (secondary N) is 1. The van der Waals surface area contributed by atoms with Gasteiger partial charge < -0.3 is 10.1 Å². The highest BCUT2D eigenvalue weighted by Gasteiger charge is 2.24. The van der Waals surface area contributed by atoms with Gasteiger partial charge in [0.25, 0.3) is 0 Å². The van der Waals surface area contributed by atoms with Crippen molar-refractivity contribution >= 4 is 51.9 Å². The molecule has 3 nitrogen and oxygen atoms in total. The fourth-order valence-electron chi connectivity index (χ4n) is 2.03. The molecule has 1 aromatic rings. The van der Waals surface area contributed by atoms with Gasteiger partial charge in [0, 0.05) is 4.86 Å². The number of carbonyl (C=O) groups excluding carboxylic acids is 1. The summed E-state index contributed by atoms with van der Waals surface area (Å²) >= 11 is 17.7. The molecule has 1 aliphatic carbocycles. The molecule has 0 spiro atoms. The summed E-state index contributed by atoms with van der Waals surface area (Å²) in [5.74, 6) is -0.411. The van der Waals surface area contributed by atoms with E-state index in [4.69, 9.17) is 40.2 Å². The number of benzene rings is 1. The van der Waals surface area contributed by atoms with Crippen molar-refractivity contribution in [2.45, 2.75) is 13.0 Å². The predicted molar refractivity (Wildman–Crippen MR) is 90.3 cm³/mol. The molecule has 0 fully saturated rings. The number of ether oxygens (including phenoxy) is 1. The van der Waals surface area contributed by atoms with Crippen molar-refractivity contribution in [1.82, 2.24) is 0 Å². The minimum atomic E-state index is -0.411. The van der Waals surface area contributed by atoms with Gasteiger partial charge >= 0.3 is 5.97 Å². The first-order chi connectivity index (χ1) is 9.93. The summed E-state index contributed by atoms with van der Waals surface area (Å²) in [5.41, 5.74) is 1.94. The fourth-order valence-corrected chi connectivity index (χ4v) is 2.91. The molecule has 1 aromatic carbocycles. The lowest BCUT2D eigenvalue weighted by molar-refractivity contribution is -0.135. The molecule has 2 rings (SSSR count). The van der Waals surface area contributed by atoms with E-state index in [1.807, 2.05) is 6.92 Å². The molecule has 6 heteroatoms. The lowest BCUT2D eigenvalue weighted by atomic mass is 9.95. The first kappa shape index (κ1) is 16.0. The van der Waals surface area contributed by atoms with E-state index in [1.54, 1.807) is 30.4 Å². The normalized spacial score (nSPS) is 17.9. The van der Waals surface area contributed by atoms with E-state index in [-0.39, 0.29) is 6.04 Å². The van der Waals surface area contributed by atoms with Crippen LogP contribution in [0.3, 0.4) is 0 Å². The van der Waals surface area contributed by atoms with E-state index in [9.17, 15) is 4.79 Å². The van der Waals surface area contributed by atoms with E-state index in [0.29, 0.717) is 26.2 Å². The van der Waals surface area contributed by atoms with Crippen molar-refractivity contribution in [3.8, 4) is 0 Å². The summed E-state index contributed by atoms with van der Waals surface area (Å²) in [6, 6.07) is 5.02. The van der Waals surface area contributed by atoms with Gasteiger partial charge in [0.05, 0.1) is 34.5 Å². The van der Waals surface area contributed by atoms with E-state index in [0.717, 1.165) is 5.57 Å². The first-order valence-corrected chi connectivity index (χ1v) is 7.33. The maximum atomic E-state index is 11.6. The van der Waals surface area contributed by atoms with Crippen LogP contribution in [0.2, 0.25) is 10.0 Å². The second-order valence-electron chi connectivity index (χ2n) is 4.56. The van der Waals surface area contributed by atoms with Gasteiger partial charge in [0.2, 0.25) is 0 Å². The molecule has 0 saturated carbocycles. The largest absolute Gasteiger partial charge is 0.465 e. The van der Waals surface area contributed by atoms with E-state index >= 15 is 0 Å². The molecule has 110 valence electrons. The number of para-hydroxylation sites is 1. The number of rotatable bonds is 3. The van der Waals surface area contributed by atoms with Crippen LogP contribution in [0.1, 0.15) is 6.92 Å². The Kier molecular flexibility index (Phi) is 5.04. The standard InChI is InChI=1S/C15H13Cl2NO2S/c1-8-6-9(15(19)20-2)7-12(21)13(8)18-14-10(16)4-3-5-11(14)17/h3-7,13,18H,1-2H3. The van der Waals surface area contributed by atoms with E-state index < -0.39 is 5.97 Å². The molecule has 0 saturated heterocycles. The molecule has 1 aliphatic rings. The number of halogens is 2. The van der Waals surface area contributed by atoms with Gasteiger partial charge in [-0.1, -0.05) is 41.5 Å². The molecule has 1 unspecified atom stereocenters. The second-order valence-corrected chi connectivity index (χ2v) is 5.84. The fraction of sp³-hybridized carbons (Fsp3) is 0.200. The van der Waals surface area contributed by atoms with Crippen molar-refractivity contribution in [3.05, 3.63) is 51.5 Å². The van der Waals surface area contributed by atoms with Gasteiger partial charge in [0.15, 0.2) is 0 Å². The predicted octanol–water partition coefficient (Wildman–Crippen LogP) is 4.20. The Balaban J connectivity index is 2.28. The van der Waals surface area contributed by atoms with E-state index in [2.05, 4.69) is 5.32 Å². The van der Waals surface area contributed by atoms with Crippen molar-refractivity contribution in [1.29, 1.82) is 0 Å². The van der Waals surface area contributed by atoms with Gasteiger partial charge in [-0.15, -0.1) is 0 Å².